The summed E-state index contributed by atoms with van der Waals surface area (Å²) in [5.41, 5.74) is 3.10. The minimum absolute atomic E-state index is 0.0550. The van der Waals surface area contributed by atoms with E-state index in [1.54, 1.807) is 7.11 Å². The number of nitrogens with one attached hydrogen (secondary N) is 1. The zero-order valence-electron chi connectivity index (χ0n) is 16.1. The smallest absolute Gasteiger partial charge is 0.226 e. The van der Waals surface area contributed by atoms with Crippen LogP contribution in [0.5, 0.6) is 11.5 Å². The molecule has 0 radical (unpaired) electrons. The van der Waals surface area contributed by atoms with Crippen LogP contribution in [0.2, 0.25) is 0 Å². The highest BCUT2D eigenvalue weighted by molar-refractivity contribution is 7.14. The van der Waals surface area contributed by atoms with Crippen molar-refractivity contribution in [1.29, 1.82) is 0 Å². The number of amides is 1. The Labute approximate surface area is 169 Å². The maximum atomic E-state index is 12.1. The van der Waals surface area contributed by atoms with Gasteiger partial charge in [-0.3, -0.25) is 4.79 Å². The molecule has 1 N–H and O–H groups in total. The van der Waals surface area contributed by atoms with Gasteiger partial charge in [0.25, 0.3) is 0 Å². The number of thiazole rings is 1. The highest BCUT2D eigenvalue weighted by Gasteiger charge is 2.08. The van der Waals surface area contributed by atoms with Gasteiger partial charge in [-0.25, -0.2) is 4.98 Å². The number of carbonyl (C=O) groups excluding carboxylic acids is 1. The summed E-state index contributed by atoms with van der Waals surface area (Å²) in [5.74, 6) is 1.58. The predicted molar refractivity (Wildman–Crippen MR) is 113 cm³/mol. The zero-order valence-corrected chi connectivity index (χ0v) is 16.9. The van der Waals surface area contributed by atoms with Gasteiger partial charge in [0.15, 0.2) is 5.13 Å². The summed E-state index contributed by atoms with van der Waals surface area (Å²) in [6.45, 7) is 2.63. The van der Waals surface area contributed by atoms with E-state index in [1.165, 1.54) is 16.9 Å². The van der Waals surface area contributed by atoms with E-state index < -0.39 is 0 Å². The van der Waals surface area contributed by atoms with Crippen LogP contribution < -0.4 is 14.8 Å². The van der Waals surface area contributed by atoms with E-state index in [1.807, 2.05) is 41.8 Å². The summed E-state index contributed by atoms with van der Waals surface area (Å²) >= 11 is 1.42. The topological polar surface area (TPSA) is 60.5 Å². The fraction of sp³-hybridized carbons (Fsp3) is 0.273. The van der Waals surface area contributed by atoms with Crippen molar-refractivity contribution in [1.82, 2.24) is 4.98 Å². The zero-order chi connectivity index (χ0) is 19.8. The third-order valence-corrected chi connectivity index (χ3v) is 5.04. The SMILES string of the molecule is CCc1ccc(OCCCC(=O)Nc2nc(-c3ccc(OC)cc3)cs2)cc1. The molecule has 1 heterocycles. The molecule has 0 spiro atoms. The Morgan fingerprint density at radius 2 is 1.79 bits per heavy atom. The van der Waals surface area contributed by atoms with Crippen molar-refractivity contribution in [2.45, 2.75) is 26.2 Å². The number of aryl methyl sites for hydroxylation is 1. The summed E-state index contributed by atoms with van der Waals surface area (Å²) in [7, 11) is 1.64. The monoisotopic (exact) mass is 396 g/mol. The molecule has 3 rings (SSSR count). The first-order chi connectivity index (χ1) is 13.7. The number of ether oxygens (including phenoxy) is 2. The summed E-state index contributed by atoms with van der Waals surface area (Å²) in [4.78, 5) is 16.6. The number of anilines is 1. The Balaban J connectivity index is 1.42. The van der Waals surface area contributed by atoms with Crippen molar-refractivity contribution in [3.63, 3.8) is 0 Å². The van der Waals surface area contributed by atoms with Gasteiger partial charge in [-0.2, -0.15) is 0 Å². The molecule has 146 valence electrons. The molecule has 5 nitrogen and oxygen atoms in total. The molecular formula is C22H24N2O3S. The van der Waals surface area contributed by atoms with Crippen LogP contribution in [-0.2, 0) is 11.2 Å². The number of aromatic nitrogens is 1. The number of carbonyl (C=O) groups is 1. The quantitative estimate of drug-likeness (QED) is 0.506. The van der Waals surface area contributed by atoms with Crippen LogP contribution in [-0.4, -0.2) is 24.6 Å². The largest absolute Gasteiger partial charge is 0.497 e. The minimum Gasteiger partial charge on any atom is -0.497 e. The molecule has 0 unspecified atom stereocenters. The van der Waals surface area contributed by atoms with E-state index in [9.17, 15) is 4.79 Å². The number of nitrogens with zero attached hydrogens (tertiary/aromatic N) is 1. The van der Waals surface area contributed by atoms with E-state index in [-0.39, 0.29) is 5.91 Å². The van der Waals surface area contributed by atoms with Crippen molar-refractivity contribution in [3.05, 3.63) is 59.5 Å². The first-order valence-corrected chi connectivity index (χ1v) is 10.2. The molecule has 0 fully saturated rings. The van der Waals surface area contributed by atoms with Gasteiger partial charge in [-0.05, 0) is 54.8 Å². The Bertz CT molecular complexity index is 889. The molecule has 2 aromatic carbocycles. The van der Waals surface area contributed by atoms with E-state index in [4.69, 9.17) is 9.47 Å². The van der Waals surface area contributed by atoms with Crippen LogP contribution in [0.15, 0.2) is 53.9 Å². The van der Waals surface area contributed by atoms with Crippen molar-refractivity contribution in [3.8, 4) is 22.8 Å². The summed E-state index contributed by atoms with van der Waals surface area (Å²) in [6, 6.07) is 15.7. The number of hydrogen-bond acceptors (Lipinski definition) is 5. The van der Waals surface area contributed by atoms with Crippen molar-refractivity contribution >= 4 is 22.4 Å². The second-order valence-electron chi connectivity index (χ2n) is 6.26. The van der Waals surface area contributed by atoms with Gasteiger partial charge < -0.3 is 14.8 Å². The van der Waals surface area contributed by atoms with Crippen molar-refractivity contribution < 1.29 is 14.3 Å². The predicted octanol–water partition coefficient (Wildman–Crippen LogP) is 5.18. The Hall–Kier alpha value is -2.86. The van der Waals surface area contributed by atoms with E-state index in [0.717, 1.165) is 29.2 Å². The lowest BCUT2D eigenvalue weighted by Crippen LogP contribution is -2.12. The van der Waals surface area contributed by atoms with Gasteiger partial charge in [-0.1, -0.05) is 19.1 Å². The first-order valence-electron chi connectivity index (χ1n) is 9.29. The van der Waals surface area contributed by atoms with E-state index >= 15 is 0 Å². The molecule has 0 atom stereocenters. The van der Waals surface area contributed by atoms with Gasteiger partial charge in [0.1, 0.15) is 11.5 Å². The second kappa shape index (κ2) is 9.90. The van der Waals surface area contributed by atoms with E-state index in [0.29, 0.717) is 24.6 Å². The van der Waals surface area contributed by atoms with Crippen molar-refractivity contribution in [2.75, 3.05) is 19.0 Å². The van der Waals surface area contributed by atoms with Crippen LogP contribution in [0.3, 0.4) is 0 Å². The normalized spacial score (nSPS) is 10.5. The van der Waals surface area contributed by atoms with Gasteiger partial charge in [0, 0.05) is 17.4 Å². The molecule has 0 aliphatic carbocycles. The fourth-order valence-corrected chi connectivity index (χ4v) is 3.39. The maximum absolute atomic E-state index is 12.1. The summed E-state index contributed by atoms with van der Waals surface area (Å²) < 4.78 is 10.8. The molecule has 3 aromatic rings. The molecule has 0 saturated heterocycles. The average Bonchev–Trinajstić information content (AvgIpc) is 3.20. The number of benzene rings is 2. The fourth-order valence-electron chi connectivity index (χ4n) is 2.65. The van der Waals surface area contributed by atoms with Crippen LogP contribution in [0.4, 0.5) is 5.13 Å². The molecule has 0 bridgehead atoms. The number of methoxy groups -OCH3 is 1. The molecule has 0 saturated carbocycles. The lowest BCUT2D eigenvalue weighted by atomic mass is 10.2. The Morgan fingerprint density at radius 3 is 2.46 bits per heavy atom. The minimum atomic E-state index is -0.0550. The molecule has 28 heavy (non-hydrogen) atoms. The van der Waals surface area contributed by atoms with E-state index in [2.05, 4.69) is 29.4 Å². The third kappa shape index (κ3) is 5.57. The van der Waals surface area contributed by atoms with Gasteiger partial charge in [-0.15, -0.1) is 11.3 Å². The maximum Gasteiger partial charge on any atom is 0.226 e. The van der Waals surface area contributed by atoms with Crippen LogP contribution in [0, 0.1) is 0 Å². The lowest BCUT2D eigenvalue weighted by molar-refractivity contribution is -0.116. The lowest BCUT2D eigenvalue weighted by Gasteiger charge is -2.06. The van der Waals surface area contributed by atoms with Gasteiger partial charge in [0.05, 0.1) is 19.4 Å². The third-order valence-electron chi connectivity index (χ3n) is 4.28. The van der Waals surface area contributed by atoms with Crippen LogP contribution >= 0.6 is 11.3 Å². The molecule has 0 aliphatic rings. The van der Waals surface area contributed by atoms with Gasteiger partial charge >= 0.3 is 0 Å². The second-order valence-corrected chi connectivity index (χ2v) is 7.12. The Morgan fingerprint density at radius 1 is 1.07 bits per heavy atom. The highest BCUT2D eigenvalue weighted by atomic mass is 32.1. The molecule has 1 aromatic heterocycles. The molecular weight excluding hydrogens is 372 g/mol. The molecule has 1 amide bonds. The van der Waals surface area contributed by atoms with Gasteiger partial charge in [0.2, 0.25) is 5.91 Å². The standard InChI is InChI=1S/C22H24N2O3S/c1-3-16-6-10-19(11-7-16)27-14-4-5-21(25)24-22-23-20(15-28-22)17-8-12-18(26-2)13-9-17/h6-13,15H,3-5,14H2,1-2H3,(H,23,24,25). The first kappa shape index (κ1) is 19.9. The summed E-state index contributed by atoms with van der Waals surface area (Å²) in [5, 5.41) is 5.39. The molecule has 0 aliphatic heterocycles. The van der Waals surface area contributed by atoms with Crippen LogP contribution in [0.25, 0.3) is 11.3 Å². The highest BCUT2D eigenvalue weighted by Crippen LogP contribution is 2.26. The number of hydrogen-bond donors (Lipinski definition) is 1. The van der Waals surface area contributed by atoms with Crippen LogP contribution in [0.1, 0.15) is 25.3 Å². The average molecular weight is 397 g/mol. The van der Waals surface area contributed by atoms with Crippen molar-refractivity contribution in [2.24, 2.45) is 0 Å². The molecule has 6 heteroatoms. The Kier molecular flexibility index (Phi) is 7.03. The summed E-state index contributed by atoms with van der Waals surface area (Å²) in [6.07, 6.45) is 2.06. The number of rotatable bonds is 9.